The van der Waals surface area contributed by atoms with Gasteiger partial charge >= 0.3 is 5.56 Å². The van der Waals surface area contributed by atoms with Crippen LogP contribution in [0.2, 0.25) is 0 Å². The molecule has 1 aromatic heterocycles. The van der Waals surface area contributed by atoms with Gasteiger partial charge in [-0.05, 0) is 18.9 Å². The molecule has 1 aromatic rings. The Kier molecular flexibility index (Phi) is 3.24. The molecule has 2 rings (SSSR count). The van der Waals surface area contributed by atoms with Crippen molar-refractivity contribution < 1.29 is 4.74 Å². The first-order valence-corrected chi connectivity index (χ1v) is 5.57. The number of piperidine rings is 1. The third kappa shape index (κ3) is 2.24. The summed E-state index contributed by atoms with van der Waals surface area (Å²) in [4.78, 5) is 15.7. The van der Waals surface area contributed by atoms with Gasteiger partial charge in [-0.25, -0.2) is 4.98 Å². The minimum Gasteiger partial charge on any atom is -0.469 e. The van der Waals surface area contributed by atoms with Gasteiger partial charge in [-0.3, -0.25) is 4.79 Å². The summed E-state index contributed by atoms with van der Waals surface area (Å²) in [5, 5.41) is 3.26. The maximum absolute atomic E-state index is 11.7. The summed E-state index contributed by atoms with van der Waals surface area (Å²) in [5.74, 6) is 0.651. The second-order valence-corrected chi connectivity index (χ2v) is 4.27. The highest BCUT2D eigenvalue weighted by Crippen LogP contribution is 2.15. The molecule has 1 N–H and O–H groups in total. The molecule has 5 heteroatoms. The number of ether oxygens (including phenoxy) is 1. The first-order chi connectivity index (χ1) is 7.68. The van der Waals surface area contributed by atoms with Crippen molar-refractivity contribution in [2.75, 3.05) is 13.1 Å². The van der Waals surface area contributed by atoms with E-state index < -0.39 is 0 Å². The molecule has 0 bridgehead atoms. The van der Waals surface area contributed by atoms with Crippen molar-refractivity contribution in [3.8, 4) is 5.88 Å². The molecular formula is C11H17N3O2. The van der Waals surface area contributed by atoms with E-state index in [0.717, 1.165) is 19.5 Å². The summed E-state index contributed by atoms with van der Waals surface area (Å²) >= 11 is 0. The van der Waals surface area contributed by atoms with Crippen molar-refractivity contribution in [1.29, 1.82) is 0 Å². The van der Waals surface area contributed by atoms with Crippen LogP contribution in [0.3, 0.4) is 0 Å². The summed E-state index contributed by atoms with van der Waals surface area (Å²) in [6.07, 6.45) is 4.31. The predicted octanol–water partition coefficient (Wildman–Crippen LogP) is 0.157. The number of rotatable bonds is 2. The molecule has 2 unspecified atom stereocenters. The Bertz CT molecular complexity index is 416. The van der Waals surface area contributed by atoms with Crippen LogP contribution in [0.25, 0.3) is 0 Å². The third-order valence-electron chi connectivity index (χ3n) is 3.01. The zero-order valence-electron chi connectivity index (χ0n) is 9.64. The molecule has 1 aliphatic heterocycles. The summed E-state index contributed by atoms with van der Waals surface area (Å²) in [6, 6.07) is 0. The molecule has 2 heterocycles. The van der Waals surface area contributed by atoms with E-state index in [-0.39, 0.29) is 17.5 Å². The first-order valence-electron chi connectivity index (χ1n) is 5.57. The smallest absolute Gasteiger partial charge is 0.313 e. The van der Waals surface area contributed by atoms with E-state index in [1.165, 1.54) is 4.57 Å². The molecule has 0 aliphatic carbocycles. The molecule has 1 fully saturated rings. The van der Waals surface area contributed by atoms with E-state index in [1.807, 2.05) is 0 Å². The minimum atomic E-state index is -0.180. The van der Waals surface area contributed by atoms with Crippen LogP contribution in [-0.4, -0.2) is 28.7 Å². The minimum absolute atomic E-state index is 0.0383. The normalized spacial score (nSPS) is 25.4. The Balaban J connectivity index is 2.14. The van der Waals surface area contributed by atoms with Gasteiger partial charge in [-0.1, -0.05) is 6.92 Å². The SMILES string of the molecule is CC1CCNCC1Oc1nccn(C)c1=O. The summed E-state index contributed by atoms with van der Waals surface area (Å²) in [5.41, 5.74) is -0.180. The predicted molar refractivity (Wildman–Crippen MR) is 60.5 cm³/mol. The molecule has 16 heavy (non-hydrogen) atoms. The highest BCUT2D eigenvalue weighted by atomic mass is 16.5. The highest BCUT2D eigenvalue weighted by Gasteiger charge is 2.24. The van der Waals surface area contributed by atoms with Gasteiger partial charge in [0.2, 0.25) is 0 Å². The van der Waals surface area contributed by atoms with Gasteiger partial charge in [0.25, 0.3) is 5.88 Å². The number of hydrogen-bond donors (Lipinski definition) is 1. The van der Waals surface area contributed by atoms with Crippen molar-refractivity contribution in [2.24, 2.45) is 13.0 Å². The average molecular weight is 223 g/mol. The van der Waals surface area contributed by atoms with Crippen molar-refractivity contribution in [3.05, 3.63) is 22.7 Å². The number of hydrogen-bond acceptors (Lipinski definition) is 4. The Morgan fingerprint density at radius 3 is 3.19 bits per heavy atom. The van der Waals surface area contributed by atoms with E-state index in [1.54, 1.807) is 19.4 Å². The average Bonchev–Trinajstić information content (AvgIpc) is 2.28. The lowest BCUT2D eigenvalue weighted by molar-refractivity contribution is 0.107. The Hall–Kier alpha value is -1.36. The Morgan fingerprint density at radius 1 is 1.62 bits per heavy atom. The van der Waals surface area contributed by atoms with E-state index in [0.29, 0.717) is 5.92 Å². The first kappa shape index (κ1) is 11.1. The van der Waals surface area contributed by atoms with Crippen LogP contribution in [-0.2, 0) is 7.05 Å². The molecule has 5 nitrogen and oxygen atoms in total. The second-order valence-electron chi connectivity index (χ2n) is 4.27. The lowest BCUT2D eigenvalue weighted by Crippen LogP contribution is -2.44. The topological polar surface area (TPSA) is 56.1 Å². The molecule has 0 spiro atoms. The van der Waals surface area contributed by atoms with Crippen LogP contribution in [0.4, 0.5) is 0 Å². The van der Waals surface area contributed by atoms with E-state index >= 15 is 0 Å². The number of aromatic nitrogens is 2. The summed E-state index contributed by atoms with van der Waals surface area (Å²) in [6.45, 7) is 3.93. The molecule has 0 radical (unpaired) electrons. The zero-order valence-corrected chi connectivity index (χ0v) is 9.64. The molecular weight excluding hydrogens is 206 g/mol. The van der Waals surface area contributed by atoms with Crippen LogP contribution in [0.1, 0.15) is 13.3 Å². The highest BCUT2D eigenvalue weighted by molar-refractivity contribution is 5.05. The molecule has 1 aliphatic rings. The standard InChI is InChI=1S/C11H17N3O2/c1-8-3-4-12-7-9(8)16-10-11(15)14(2)6-5-13-10/h5-6,8-9,12H,3-4,7H2,1-2H3. The molecule has 88 valence electrons. The van der Waals surface area contributed by atoms with Crippen LogP contribution >= 0.6 is 0 Å². The van der Waals surface area contributed by atoms with Crippen LogP contribution < -0.4 is 15.6 Å². The quantitative estimate of drug-likeness (QED) is 0.776. The number of nitrogens with zero attached hydrogens (tertiary/aromatic N) is 2. The molecule has 0 amide bonds. The Labute approximate surface area is 94.5 Å². The summed E-state index contributed by atoms with van der Waals surface area (Å²) in [7, 11) is 1.69. The van der Waals surface area contributed by atoms with Gasteiger partial charge in [0, 0.05) is 26.0 Å². The largest absolute Gasteiger partial charge is 0.469 e. The molecule has 1 saturated heterocycles. The van der Waals surface area contributed by atoms with E-state index in [9.17, 15) is 4.79 Å². The zero-order chi connectivity index (χ0) is 11.5. The lowest BCUT2D eigenvalue weighted by atomic mass is 9.97. The molecule has 2 atom stereocenters. The monoisotopic (exact) mass is 223 g/mol. The van der Waals surface area contributed by atoms with Gasteiger partial charge in [0.05, 0.1) is 0 Å². The number of nitrogens with one attached hydrogen (secondary N) is 1. The van der Waals surface area contributed by atoms with Crippen molar-refractivity contribution in [2.45, 2.75) is 19.4 Å². The fourth-order valence-electron chi connectivity index (χ4n) is 1.82. The van der Waals surface area contributed by atoms with Gasteiger partial charge in [0.1, 0.15) is 6.10 Å². The fraction of sp³-hybridized carbons (Fsp3) is 0.636. The van der Waals surface area contributed by atoms with Crippen molar-refractivity contribution in [3.63, 3.8) is 0 Å². The van der Waals surface area contributed by atoms with Gasteiger partial charge < -0.3 is 14.6 Å². The molecule has 0 aromatic carbocycles. The lowest BCUT2D eigenvalue weighted by Gasteiger charge is -2.29. The van der Waals surface area contributed by atoms with E-state index in [2.05, 4.69) is 17.2 Å². The van der Waals surface area contributed by atoms with Crippen LogP contribution in [0, 0.1) is 5.92 Å². The van der Waals surface area contributed by atoms with Gasteiger partial charge in [0.15, 0.2) is 0 Å². The van der Waals surface area contributed by atoms with Crippen molar-refractivity contribution in [1.82, 2.24) is 14.9 Å². The maximum atomic E-state index is 11.7. The summed E-state index contributed by atoms with van der Waals surface area (Å²) < 4.78 is 7.15. The second kappa shape index (κ2) is 4.65. The maximum Gasteiger partial charge on any atom is 0.313 e. The van der Waals surface area contributed by atoms with Gasteiger partial charge in [-0.2, -0.15) is 0 Å². The van der Waals surface area contributed by atoms with Crippen LogP contribution in [0.15, 0.2) is 17.2 Å². The molecule has 0 saturated carbocycles. The van der Waals surface area contributed by atoms with E-state index in [4.69, 9.17) is 4.74 Å². The van der Waals surface area contributed by atoms with Crippen LogP contribution in [0.5, 0.6) is 5.88 Å². The van der Waals surface area contributed by atoms with Gasteiger partial charge in [-0.15, -0.1) is 0 Å². The third-order valence-corrected chi connectivity index (χ3v) is 3.01. The Morgan fingerprint density at radius 2 is 2.44 bits per heavy atom. The number of aryl methyl sites for hydroxylation is 1. The van der Waals surface area contributed by atoms with Crippen molar-refractivity contribution >= 4 is 0 Å². The fourth-order valence-corrected chi connectivity index (χ4v) is 1.82.